The molecule has 0 saturated heterocycles. The van der Waals surface area contributed by atoms with Gasteiger partial charge >= 0.3 is 0 Å². The van der Waals surface area contributed by atoms with Gasteiger partial charge in [0.05, 0.1) is 11.1 Å². The van der Waals surface area contributed by atoms with Crippen molar-refractivity contribution in [2.45, 2.75) is 31.3 Å². The summed E-state index contributed by atoms with van der Waals surface area (Å²) in [4.78, 5) is -0.298. The third-order valence-corrected chi connectivity index (χ3v) is 4.63. The monoisotopic (exact) mass is 309 g/mol. The largest absolute Gasteiger partial charge is 0.393 e. The van der Waals surface area contributed by atoms with Crippen LogP contribution in [0.15, 0.2) is 23.1 Å². The number of nitrogens with one attached hydrogen (secondary N) is 1. The normalized spacial score (nSPS) is 13.8. The standard InChI is InChI=1S/C12H17ClFNO3S/c1-8(2)11(16)5-6-15-19(17,18)12-7-9(14)3-4-10(12)13/h3-4,7-8,11,15-16H,5-6H2,1-2H3. The van der Waals surface area contributed by atoms with Crippen molar-refractivity contribution < 1.29 is 17.9 Å². The molecule has 1 unspecified atom stereocenters. The van der Waals surface area contributed by atoms with Crippen molar-refractivity contribution in [3.63, 3.8) is 0 Å². The minimum Gasteiger partial charge on any atom is -0.393 e. The Balaban J connectivity index is 2.74. The number of aliphatic hydroxyl groups excluding tert-OH is 1. The molecule has 0 fully saturated rings. The first kappa shape index (κ1) is 16.4. The summed E-state index contributed by atoms with van der Waals surface area (Å²) in [5.74, 6) is -0.630. The molecule has 108 valence electrons. The molecule has 1 aromatic carbocycles. The van der Waals surface area contributed by atoms with E-state index in [-0.39, 0.29) is 28.8 Å². The first-order valence-electron chi connectivity index (χ1n) is 5.87. The van der Waals surface area contributed by atoms with Crippen molar-refractivity contribution >= 4 is 21.6 Å². The summed E-state index contributed by atoms with van der Waals surface area (Å²) in [5.41, 5.74) is 0. The van der Waals surface area contributed by atoms with Crippen LogP contribution >= 0.6 is 11.6 Å². The smallest absolute Gasteiger partial charge is 0.242 e. The van der Waals surface area contributed by atoms with Gasteiger partial charge in [0.15, 0.2) is 0 Å². The summed E-state index contributed by atoms with van der Waals surface area (Å²) < 4.78 is 39.2. The topological polar surface area (TPSA) is 66.4 Å². The van der Waals surface area contributed by atoms with Crippen LogP contribution in [0.2, 0.25) is 5.02 Å². The molecule has 1 rings (SSSR count). The van der Waals surface area contributed by atoms with Crippen molar-refractivity contribution in [2.75, 3.05) is 6.54 Å². The lowest BCUT2D eigenvalue weighted by Gasteiger charge is -2.14. The Hall–Kier alpha value is -0.690. The lowest BCUT2D eigenvalue weighted by atomic mass is 10.1. The minimum atomic E-state index is -3.87. The van der Waals surface area contributed by atoms with E-state index < -0.39 is 21.9 Å². The Bertz CT molecular complexity index is 534. The van der Waals surface area contributed by atoms with E-state index in [9.17, 15) is 17.9 Å². The third-order valence-electron chi connectivity index (χ3n) is 2.68. The maximum absolute atomic E-state index is 13.0. The summed E-state index contributed by atoms with van der Waals surface area (Å²) in [6.07, 6.45) is -0.310. The molecule has 0 aliphatic rings. The average Bonchev–Trinajstić information content (AvgIpc) is 2.31. The Kier molecular flexibility index (Phi) is 5.73. The number of hydrogen-bond acceptors (Lipinski definition) is 3. The zero-order valence-corrected chi connectivity index (χ0v) is 12.3. The van der Waals surface area contributed by atoms with Gasteiger partial charge < -0.3 is 5.11 Å². The van der Waals surface area contributed by atoms with Crippen LogP contribution in [-0.4, -0.2) is 26.2 Å². The molecule has 1 atom stereocenters. The molecule has 1 aromatic rings. The lowest BCUT2D eigenvalue weighted by Crippen LogP contribution is -2.29. The van der Waals surface area contributed by atoms with Gasteiger partial charge in [-0.2, -0.15) is 0 Å². The number of hydrogen-bond donors (Lipinski definition) is 2. The van der Waals surface area contributed by atoms with Crippen molar-refractivity contribution in [2.24, 2.45) is 5.92 Å². The summed E-state index contributed by atoms with van der Waals surface area (Å²) in [6.45, 7) is 3.74. The quantitative estimate of drug-likeness (QED) is 0.846. The molecule has 0 aliphatic heterocycles. The third kappa shape index (κ3) is 4.72. The minimum absolute atomic E-state index is 0.0432. The van der Waals surface area contributed by atoms with Crippen LogP contribution in [0.3, 0.4) is 0 Å². The van der Waals surface area contributed by atoms with E-state index in [1.165, 1.54) is 6.07 Å². The van der Waals surface area contributed by atoms with Gasteiger partial charge in [0.2, 0.25) is 10.0 Å². The second-order valence-corrected chi connectivity index (χ2v) is 6.72. The van der Waals surface area contributed by atoms with Crippen LogP contribution in [0.25, 0.3) is 0 Å². The first-order valence-corrected chi connectivity index (χ1v) is 7.73. The molecule has 0 saturated carbocycles. The zero-order chi connectivity index (χ0) is 14.6. The number of rotatable bonds is 6. The molecule has 2 N–H and O–H groups in total. The van der Waals surface area contributed by atoms with Gasteiger partial charge in [-0.1, -0.05) is 25.4 Å². The van der Waals surface area contributed by atoms with Crippen LogP contribution < -0.4 is 4.72 Å². The predicted molar refractivity (Wildman–Crippen MR) is 72.1 cm³/mol. The van der Waals surface area contributed by atoms with Gasteiger partial charge in [-0.3, -0.25) is 0 Å². The molecule has 0 heterocycles. The van der Waals surface area contributed by atoms with Gasteiger partial charge in [-0.25, -0.2) is 17.5 Å². The summed E-state index contributed by atoms with van der Waals surface area (Å²) >= 11 is 5.74. The molecule has 0 aliphatic carbocycles. The Morgan fingerprint density at radius 1 is 1.42 bits per heavy atom. The van der Waals surface area contributed by atoms with E-state index in [1.807, 2.05) is 13.8 Å². The number of sulfonamides is 1. The fraction of sp³-hybridized carbons (Fsp3) is 0.500. The first-order chi connectivity index (χ1) is 8.74. The van der Waals surface area contributed by atoms with Crippen molar-refractivity contribution in [3.05, 3.63) is 29.0 Å². The van der Waals surface area contributed by atoms with E-state index >= 15 is 0 Å². The van der Waals surface area contributed by atoms with Crippen molar-refractivity contribution in [1.29, 1.82) is 0 Å². The van der Waals surface area contributed by atoms with Gasteiger partial charge in [-0.15, -0.1) is 0 Å². The fourth-order valence-corrected chi connectivity index (χ4v) is 2.99. The summed E-state index contributed by atoms with van der Waals surface area (Å²) in [7, 11) is -3.87. The lowest BCUT2D eigenvalue weighted by molar-refractivity contribution is 0.118. The van der Waals surface area contributed by atoms with Gasteiger partial charge in [0.25, 0.3) is 0 Å². The van der Waals surface area contributed by atoms with E-state index in [2.05, 4.69) is 4.72 Å². The highest BCUT2D eigenvalue weighted by atomic mass is 35.5. The average molecular weight is 310 g/mol. The molecule has 0 bridgehead atoms. The van der Waals surface area contributed by atoms with Crippen molar-refractivity contribution in [1.82, 2.24) is 4.72 Å². The highest BCUT2D eigenvalue weighted by molar-refractivity contribution is 7.89. The molecule has 7 heteroatoms. The van der Waals surface area contributed by atoms with E-state index in [0.717, 1.165) is 12.1 Å². The maximum atomic E-state index is 13.0. The Labute approximate surface area is 117 Å². The number of halogens is 2. The number of aliphatic hydroxyl groups is 1. The van der Waals surface area contributed by atoms with Gasteiger partial charge in [0.1, 0.15) is 10.7 Å². The fourth-order valence-electron chi connectivity index (χ4n) is 1.44. The zero-order valence-electron chi connectivity index (χ0n) is 10.7. The molecule has 19 heavy (non-hydrogen) atoms. The van der Waals surface area contributed by atoms with Crippen LogP contribution in [0.5, 0.6) is 0 Å². The van der Waals surface area contributed by atoms with Crippen LogP contribution in [0.1, 0.15) is 20.3 Å². The van der Waals surface area contributed by atoms with Gasteiger partial charge in [0, 0.05) is 6.54 Å². The summed E-state index contributed by atoms with van der Waals surface area (Å²) in [6, 6.07) is 3.14. The predicted octanol–water partition coefficient (Wildman–Crippen LogP) is 2.16. The molecule has 0 spiro atoms. The summed E-state index contributed by atoms with van der Waals surface area (Å²) in [5, 5.41) is 9.53. The van der Waals surface area contributed by atoms with Crippen LogP contribution in [0.4, 0.5) is 4.39 Å². The van der Waals surface area contributed by atoms with E-state index in [4.69, 9.17) is 11.6 Å². The van der Waals surface area contributed by atoms with Crippen LogP contribution in [-0.2, 0) is 10.0 Å². The molecule has 0 amide bonds. The van der Waals surface area contributed by atoms with Crippen molar-refractivity contribution in [3.8, 4) is 0 Å². The number of benzene rings is 1. The van der Waals surface area contributed by atoms with Gasteiger partial charge in [-0.05, 0) is 30.5 Å². The molecule has 0 aromatic heterocycles. The van der Waals surface area contributed by atoms with Crippen LogP contribution in [0, 0.1) is 11.7 Å². The maximum Gasteiger partial charge on any atom is 0.242 e. The molecular weight excluding hydrogens is 293 g/mol. The second-order valence-electron chi connectivity index (χ2n) is 4.57. The SMILES string of the molecule is CC(C)C(O)CCNS(=O)(=O)c1cc(F)ccc1Cl. The highest BCUT2D eigenvalue weighted by Crippen LogP contribution is 2.21. The second kappa shape index (κ2) is 6.65. The molecular formula is C12H17ClFNO3S. The van der Waals surface area contributed by atoms with E-state index in [0.29, 0.717) is 0 Å². The molecule has 0 radical (unpaired) electrons. The Morgan fingerprint density at radius 2 is 2.05 bits per heavy atom. The highest BCUT2D eigenvalue weighted by Gasteiger charge is 2.19. The Morgan fingerprint density at radius 3 is 2.63 bits per heavy atom. The van der Waals surface area contributed by atoms with E-state index in [1.54, 1.807) is 0 Å². The molecule has 4 nitrogen and oxygen atoms in total.